The SMILES string of the molecule is OCCOc1c(Cl)cc(OCC=C(Cl)Cl)cc1Cl. The summed E-state index contributed by atoms with van der Waals surface area (Å²) >= 11 is 22.8. The molecule has 0 aliphatic rings. The highest BCUT2D eigenvalue weighted by Gasteiger charge is 2.10. The van der Waals surface area contributed by atoms with Crippen LogP contribution in [-0.4, -0.2) is 24.9 Å². The van der Waals surface area contributed by atoms with Crippen LogP contribution in [0.4, 0.5) is 0 Å². The third kappa shape index (κ3) is 5.12. The minimum absolute atomic E-state index is 0.115. The fourth-order valence-corrected chi connectivity index (χ4v) is 1.81. The molecule has 0 atom stereocenters. The lowest BCUT2D eigenvalue weighted by Gasteiger charge is -2.11. The number of ether oxygens (including phenoxy) is 2. The van der Waals surface area contributed by atoms with Gasteiger partial charge < -0.3 is 14.6 Å². The molecule has 1 rings (SSSR count). The summed E-state index contributed by atoms with van der Waals surface area (Å²) in [6, 6.07) is 3.10. The lowest BCUT2D eigenvalue weighted by atomic mass is 10.3. The lowest BCUT2D eigenvalue weighted by molar-refractivity contribution is 0.201. The van der Waals surface area contributed by atoms with E-state index in [0.717, 1.165) is 0 Å². The monoisotopic (exact) mass is 330 g/mol. The number of halogens is 4. The van der Waals surface area contributed by atoms with Crippen LogP contribution in [-0.2, 0) is 0 Å². The van der Waals surface area contributed by atoms with E-state index in [1.807, 2.05) is 0 Å². The van der Waals surface area contributed by atoms with Crippen molar-refractivity contribution in [3.63, 3.8) is 0 Å². The summed E-state index contributed by atoms with van der Waals surface area (Å²) in [6.07, 6.45) is 1.49. The molecular formula is C11H10Cl4O3. The minimum Gasteiger partial charge on any atom is -0.489 e. The van der Waals surface area contributed by atoms with E-state index in [1.165, 1.54) is 6.08 Å². The summed E-state index contributed by atoms with van der Waals surface area (Å²) in [7, 11) is 0. The Labute approximate surface area is 125 Å². The van der Waals surface area contributed by atoms with Crippen molar-refractivity contribution in [2.75, 3.05) is 19.8 Å². The van der Waals surface area contributed by atoms with Crippen LogP contribution in [0.2, 0.25) is 10.0 Å². The molecule has 7 heteroatoms. The molecule has 0 aliphatic carbocycles. The minimum atomic E-state index is -0.121. The number of hydrogen-bond donors (Lipinski definition) is 1. The number of hydrogen-bond acceptors (Lipinski definition) is 3. The standard InChI is InChI=1S/C11H10Cl4O3/c12-8-5-7(17-3-1-10(14)15)6-9(13)11(8)18-4-2-16/h1,5-6,16H,2-4H2. The predicted molar refractivity (Wildman–Crippen MR) is 74.3 cm³/mol. The fourth-order valence-electron chi connectivity index (χ4n) is 1.11. The average Bonchev–Trinajstić information content (AvgIpc) is 2.27. The van der Waals surface area contributed by atoms with Gasteiger partial charge in [-0.15, -0.1) is 0 Å². The molecule has 100 valence electrons. The van der Waals surface area contributed by atoms with Crippen molar-refractivity contribution in [1.29, 1.82) is 0 Å². The number of benzene rings is 1. The van der Waals surface area contributed by atoms with Crippen molar-refractivity contribution in [2.45, 2.75) is 0 Å². The smallest absolute Gasteiger partial charge is 0.156 e. The lowest BCUT2D eigenvalue weighted by Crippen LogP contribution is -2.03. The maximum Gasteiger partial charge on any atom is 0.156 e. The van der Waals surface area contributed by atoms with Gasteiger partial charge in [0.05, 0.1) is 16.7 Å². The third-order valence-corrected chi connectivity index (χ3v) is 2.67. The Bertz CT molecular complexity index is 407. The van der Waals surface area contributed by atoms with Crippen LogP contribution in [0.3, 0.4) is 0 Å². The molecule has 0 bridgehead atoms. The summed E-state index contributed by atoms with van der Waals surface area (Å²) in [5.41, 5.74) is 0. The van der Waals surface area contributed by atoms with Gasteiger partial charge in [-0.3, -0.25) is 0 Å². The molecule has 0 spiro atoms. The van der Waals surface area contributed by atoms with Gasteiger partial charge in [-0.25, -0.2) is 0 Å². The Balaban J connectivity index is 2.76. The van der Waals surface area contributed by atoms with E-state index in [-0.39, 0.29) is 24.3 Å². The summed E-state index contributed by atoms with van der Waals surface area (Å²) < 4.78 is 10.6. The Kier molecular flexibility index (Phi) is 6.97. The number of rotatable bonds is 6. The third-order valence-electron chi connectivity index (χ3n) is 1.80. The van der Waals surface area contributed by atoms with Crippen molar-refractivity contribution >= 4 is 46.4 Å². The molecule has 0 aromatic heterocycles. The van der Waals surface area contributed by atoms with E-state index < -0.39 is 0 Å². The molecule has 0 aliphatic heterocycles. The first-order valence-electron chi connectivity index (χ1n) is 4.91. The van der Waals surface area contributed by atoms with Gasteiger partial charge in [0.1, 0.15) is 23.5 Å². The van der Waals surface area contributed by atoms with E-state index in [1.54, 1.807) is 12.1 Å². The topological polar surface area (TPSA) is 38.7 Å². The molecule has 0 heterocycles. The highest BCUT2D eigenvalue weighted by atomic mass is 35.5. The van der Waals surface area contributed by atoms with Gasteiger partial charge in [-0.05, 0) is 6.08 Å². The number of aliphatic hydroxyl groups excluding tert-OH is 1. The molecule has 0 amide bonds. The average molecular weight is 332 g/mol. The molecule has 1 aromatic rings. The zero-order valence-electron chi connectivity index (χ0n) is 9.13. The predicted octanol–water partition coefficient (Wildman–Crippen LogP) is 4.06. The van der Waals surface area contributed by atoms with Crippen LogP contribution in [0, 0.1) is 0 Å². The maximum atomic E-state index is 8.66. The molecule has 0 saturated carbocycles. The van der Waals surface area contributed by atoms with Crippen LogP contribution in [0.15, 0.2) is 22.7 Å². The summed E-state index contributed by atoms with van der Waals surface area (Å²) in [4.78, 5) is 0. The van der Waals surface area contributed by atoms with E-state index in [2.05, 4.69) is 0 Å². The summed E-state index contributed by atoms with van der Waals surface area (Å²) in [5.74, 6) is 0.776. The van der Waals surface area contributed by atoms with Gasteiger partial charge in [0.15, 0.2) is 5.75 Å². The first-order valence-corrected chi connectivity index (χ1v) is 6.42. The first kappa shape index (κ1) is 15.7. The van der Waals surface area contributed by atoms with Crippen LogP contribution < -0.4 is 9.47 Å². The second-order valence-electron chi connectivity index (χ2n) is 3.09. The molecule has 0 unspecified atom stereocenters. The molecule has 3 nitrogen and oxygen atoms in total. The largest absolute Gasteiger partial charge is 0.489 e. The van der Waals surface area contributed by atoms with E-state index in [4.69, 9.17) is 61.0 Å². The summed E-state index contributed by atoms with van der Waals surface area (Å²) in [6.45, 7) is 0.194. The van der Waals surface area contributed by atoms with Crippen LogP contribution in [0.1, 0.15) is 0 Å². The molecule has 18 heavy (non-hydrogen) atoms. The van der Waals surface area contributed by atoms with E-state index in [9.17, 15) is 0 Å². The van der Waals surface area contributed by atoms with Gasteiger partial charge in [-0.2, -0.15) is 0 Å². The van der Waals surface area contributed by atoms with Gasteiger partial charge >= 0.3 is 0 Å². The first-order chi connectivity index (χ1) is 8.54. The van der Waals surface area contributed by atoms with Crippen LogP contribution in [0.25, 0.3) is 0 Å². The van der Waals surface area contributed by atoms with Gasteiger partial charge in [0, 0.05) is 12.1 Å². The van der Waals surface area contributed by atoms with Crippen molar-refractivity contribution < 1.29 is 14.6 Å². The Morgan fingerprint density at radius 1 is 1.17 bits per heavy atom. The van der Waals surface area contributed by atoms with Gasteiger partial charge in [0.2, 0.25) is 0 Å². The van der Waals surface area contributed by atoms with Gasteiger partial charge in [0.25, 0.3) is 0 Å². The molecule has 0 radical (unpaired) electrons. The van der Waals surface area contributed by atoms with Crippen LogP contribution >= 0.6 is 46.4 Å². The second-order valence-corrected chi connectivity index (χ2v) is 4.92. The molecular weight excluding hydrogens is 322 g/mol. The highest BCUT2D eigenvalue weighted by molar-refractivity contribution is 6.55. The van der Waals surface area contributed by atoms with E-state index in [0.29, 0.717) is 21.5 Å². The number of aliphatic hydroxyl groups is 1. The normalized spacial score (nSPS) is 10.1. The Morgan fingerprint density at radius 2 is 1.78 bits per heavy atom. The molecule has 0 fully saturated rings. The van der Waals surface area contributed by atoms with Crippen LogP contribution in [0.5, 0.6) is 11.5 Å². The summed E-state index contributed by atoms with van der Waals surface area (Å²) in [5, 5.41) is 9.26. The molecule has 1 aromatic carbocycles. The van der Waals surface area contributed by atoms with Crippen molar-refractivity contribution in [3.05, 3.63) is 32.7 Å². The zero-order chi connectivity index (χ0) is 13.5. The quantitative estimate of drug-likeness (QED) is 0.854. The Hall–Kier alpha value is -0.320. The second kappa shape index (κ2) is 7.97. The van der Waals surface area contributed by atoms with E-state index >= 15 is 0 Å². The zero-order valence-corrected chi connectivity index (χ0v) is 12.2. The fraction of sp³-hybridized carbons (Fsp3) is 0.273. The van der Waals surface area contributed by atoms with Crippen molar-refractivity contribution in [1.82, 2.24) is 0 Å². The molecule has 0 saturated heterocycles. The highest BCUT2D eigenvalue weighted by Crippen LogP contribution is 2.36. The maximum absolute atomic E-state index is 8.66. The Morgan fingerprint density at radius 3 is 2.28 bits per heavy atom. The molecule has 1 N–H and O–H groups in total. The van der Waals surface area contributed by atoms with Crippen molar-refractivity contribution in [2.24, 2.45) is 0 Å². The van der Waals surface area contributed by atoms with Gasteiger partial charge in [-0.1, -0.05) is 46.4 Å². The van der Waals surface area contributed by atoms with Crippen molar-refractivity contribution in [3.8, 4) is 11.5 Å².